The van der Waals surface area contributed by atoms with E-state index in [0.29, 0.717) is 35.5 Å². The van der Waals surface area contributed by atoms with Gasteiger partial charge >= 0.3 is 0 Å². The van der Waals surface area contributed by atoms with E-state index in [0.717, 1.165) is 10.5 Å². The molecule has 0 saturated heterocycles. The minimum Gasteiger partial charge on any atom is -0.352 e. The van der Waals surface area contributed by atoms with Crippen molar-refractivity contribution in [2.24, 2.45) is 0 Å². The number of hydrogen-bond donors (Lipinski definition) is 2. The van der Waals surface area contributed by atoms with Crippen molar-refractivity contribution < 1.29 is 18.0 Å². The second kappa shape index (κ2) is 13.3. The van der Waals surface area contributed by atoms with Crippen molar-refractivity contribution >= 4 is 45.0 Å². The van der Waals surface area contributed by atoms with Crippen molar-refractivity contribution in [1.82, 2.24) is 5.32 Å². The number of sulfonamides is 1. The summed E-state index contributed by atoms with van der Waals surface area (Å²) in [7, 11) is -3.77. The standard InChI is InChI=1S/C31H31N3O4S2/c1-3-34(40(37,38)27-19-17-26(39-2)18-20-27)25-15-13-24(14-16-25)30(35)33-29-12-8-7-11-28(29)31(36)32-22-21-23-9-5-4-6-10-23/h4-20H,3,21-22H2,1-2H3,(H,32,36)(H,33,35). The van der Waals surface area contributed by atoms with E-state index in [4.69, 9.17) is 0 Å². The number of anilines is 2. The fraction of sp³-hybridized carbons (Fsp3) is 0.161. The van der Waals surface area contributed by atoms with Gasteiger partial charge in [-0.25, -0.2) is 8.42 Å². The van der Waals surface area contributed by atoms with Crippen LogP contribution in [0.3, 0.4) is 0 Å². The second-order valence-corrected chi connectivity index (χ2v) is 11.6. The molecule has 4 rings (SSSR count). The summed E-state index contributed by atoms with van der Waals surface area (Å²) in [6.45, 7) is 2.45. The van der Waals surface area contributed by atoms with Crippen LogP contribution in [0.5, 0.6) is 0 Å². The monoisotopic (exact) mass is 573 g/mol. The first-order valence-corrected chi connectivity index (χ1v) is 15.5. The summed E-state index contributed by atoms with van der Waals surface area (Å²) in [5.41, 5.74) is 2.65. The molecule has 0 radical (unpaired) electrons. The summed E-state index contributed by atoms with van der Waals surface area (Å²) >= 11 is 1.54. The summed E-state index contributed by atoms with van der Waals surface area (Å²) in [5, 5.41) is 5.72. The van der Waals surface area contributed by atoms with Crippen LogP contribution in [0, 0.1) is 0 Å². The molecule has 0 saturated carbocycles. The topological polar surface area (TPSA) is 95.6 Å². The summed E-state index contributed by atoms with van der Waals surface area (Å²) < 4.78 is 27.9. The van der Waals surface area contributed by atoms with Crippen LogP contribution in [0.25, 0.3) is 0 Å². The minimum absolute atomic E-state index is 0.202. The van der Waals surface area contributed by atoms with Gasteiger partial charge in [-0.05, 0) is 85.8 Å². The Bertz CT molecular complexity index is 1560. The van der Waals surface area contributed by atoms with Gasteiger partial charge < -0.3 is 10.6 Å². The fourth-order valence-electron chi connectivity index (χ4n) is 4.19. The molecule has 0 fully saturated rings. The Balaban J connectivity index is 1.44. The second-order valence-electron chi connectivity index (χ2n) is 8.88. The van der Waals surface area contributed by atoms with Crippen molar-refractivity contribution in [3.05, 3.63) is 120 Å². The molecular formula is C31H31N3O4S2. The molecule has 0 unspecified atom stereocenters. The Morgan fingerprint density at radius 1 is 0.800 bits per heavy atom. The van der Waals surface area contributed by atoms with E-state index in [1.54, 1.807) is 79.7 Å². The number of carbonyl (C=O) groups is 2. The average molecular weight is 574 g/mol. The molecule has 0 aliphatic heterocycles. The molecule has 2 N–H and O–H groups in total. The van der Waals surface area contributed by atoms with Crippen molar-refractivity contribution in [3.8, 4) is 0 Å². The van der Waals surface area contributed by atoms with Gasteiger partial charge in [0, 0.05) is 23.5 Å². The molecule has 7 nitrogen and oxygen atoms in total. The van der Waals surface area contributed by atoms with Gasteiger partial charge in [0.15, 0.2) is 0 Å². The van der Waals surface area contributed by atoms with Gasteiger partial charge in [0.1, 0.15) is 0 Å². The van der Waals surface area contributed by atoms with Gasteiger partial charge in [0.25, 0.3) is 21.8 Å². The molecule has 206 valence electrons. The normalized spacial score (nSPS) is 11.1. The van der Waals surface area contributed by atoms with E-state index >= 15 is 0 Å². The van der Waals surface area contributed by atoms with Gasteiger partial charge in [-0.15, -0.1) is 11.8 Å². The van der Waals surface area contributed by atoms with Gasteiger partial charge in [0.2, 0.25) is 0 Å². The highest BCUT2D eigenvalue weighted by atomic mass is 32.2. The highest BCUT2D eigenvalue weighted by Crippen LogP contribution is 2.26. The third kappa shape index (κ3) is 6.91. The number of nitrogens with zero attached hydrogens (tertiary/aromatic N) is 1. The smallest absolute Gasteiger partial charge is 0.264 e. The van der Waals surface area contributed by atoms with E-state index in [2.05, 4.69) is 10.6 Å². The summed E-state index contributed by atoms with van der Waals surface area (Å²) in [6, 6.07) is 29.8. The number of carbonyl (C=O) groups excluding carboxylic acids is 2. The van der Waals surface area contributed by atoms with E-state index in [1.165, 1.54) is 16.1 Å². The first-order chi connectivity index (χ1) is 19.3. The fourth-order valence-corrected chi connectivity index (χ4v) is 6.07. The van der Waals surface area contributed by atoms with Gasteiger partial charge in [0.05, 0.1) is 21.8 Å². The first-order valence-electron chi connectivity index (χ1n) is 12.8. The maximum atomic E-state index is 13.3. The van der Waals surface area contributed by atoms with Gasteiger partial charge in [-0.1, -0.05) is 42.5 Å². The van der Waals surface area contributed by atoms with E-state index in [-0.39, 0.29) is 17.3 Å². The molecular weight excluding hydrogens is 542 g/mol. The highest BCUT2D eigenvalue weighted by molar-refractivity contribution is 7.98. The zero-order chi connectivity index (χ0) is 28.5. The van der Waals surface area contributed by atoms with E-state index < -0.39 is 15.9 Å². The molecule has 4 aromatic rings. The molecule has 9 heteroatoms. The molecule has 0 bridgehead atoms. The summed E-state index contributed by atoms with van der Waals surface area (Å²) in [6.07, 6.45) is 2.63. The Labute approximate surface area is 239 Å². The van der Waals surface area contributed by atoms with Crippen LogP contribution in [0.15, 0.2) is 113 Å². The van der Waals surface area contributed by atoms with Crippen LogP contribution in [-0.2, 0) is 16.4 Å². The highest BCUT2D eigenvalue weighted by Gasteiger charge is 2.24. The molecule has 40 heavy (non-hydrogen) atoms. The number of para-hydroxylation sites is 1. The Morgan fingerprint density at radius 3 is 2.10 bits per heavy atom. The molecule has 0 spiro atoms. The molecule has 0 aliphatic carbocycles. The zero-order valence-corrected chi connectivity index (χ0v) is 24.0. The third-order valence-corrected chi connectivity index (χ3v) is 8.97. The summed E-state index contributed by atoms with van der Waals surface area (Å²) in [4.78, 5) is 27.1. The van der Waals surface area contributed by atoms with E-state index in [1.807, 2.05) is 36.6 Å². The zero-order valence-electron chi connectivity index (χ0n) is 22.3. The van der Waals surface area contributed by atoms with Crippen LogP contribution in [0.2, 0.25) is 0 Å². The Kier molecular flexibility index (Phi) is 9.63. The quantitative estimate of drug-likeness (QED) is 0.220. The molecule has 4 aromatic carbocycles. The van der Waals surface area contributed by atoms with Gasteiger partial charge in [-0.2, -0.15) is 0 Å². The third-order valence-electron chi connectivity index (χ3n) is 6.31. The predicted molar refractivity (Wildman–Crippen MR) is 162 cm³/mol. The van der Waals surface area contributed by atoms with Crippen LogP contribution < -0.4 is 14.9 Å². The Morgan fingerprint density at radius 2 is 1.45 bits per heavy atom. The van der Waals surface area contributed by atoms with Crippen LogP contribution >= 0.6 is 11.8 Å². The van der Waals surface area contributed by atoms with Crippen molar-refractivity contribution in [2.75, 3.05) is 29.0 Å². The average Bonchev–Trinajstić information content (AvgIpc) is 2.98. The number of benzene rings is 4. The van der Waals surface area contributed by atoms with Crippen LogP contribution in [-0.4, -0.2) is 39.6 Å². The molecule has 2 amide bonds. The lowest BCUT2D eigenvalue weighted by molar-refractivity contribution is 0.0955. The first kappa shape index (κ1) is 28.9. The lowest BCUT2D eigenvalue weighted by atomic mass is 10.1. The van der Waals surface area contributed by atoms with E-state index in [9.17, 15) is 18.0 Å². The molecule has 0 aliphatic rings. The summed E-state index contributed by atoms with van der Waals surface area (Å²) in [5.74, 6) is -0.689. The number of hydrogen-bond acceptors (Lipinski definition) is 5. The predicted octanol–water partition coefficient (Wildman–Crippen LogP) is 5.85. The molecule has 0 heterocycles. The maximum absolute atomic E-state index is 13.3. The maximum Gasteiger partial charge on any atom is 0.264 e. The molecule has 0 aromatic heterocycles. The van der Waals surface area contributed by atoms with Gasteiger partial charge in [-0.3, -0.25) is 13.9 Å². The minimum atomic E-state index is -3.77. The number of thioether (sulfide) groups is 1. The van der Waals surface area contributed by atoms with Crippen molar-refractivity contribution in [2.45, 2.75) is 23.1 Å². The van der Waals surface area contributed by atoms with Crippen LogP contribution in [0.1, 0.15) is 33.2 Å². The van der Waals surface area contributed by atoms with Crippen LogP contribution in [0.4, 0.5) is 11.4 Å². The Hall–Kier alpha value is -4.08. The number of amides is 2. The van der Waals surface area contributed by atoms with Crippen molar-refractivity contribution in [3.63, 3.8) is 0 Å². The lowest BCUT2D eigenvalue weighted by Crippen LogP contribution is -2.30. The SMILES string of the molecule is CCN(c1ccc(C(=O)Nc2ccccc2C(=O)NCCc2ccccc2)cc1)S(=O)(=O)c1ccc(SC)cc1. The number of nitrogens with one attached hydrogen (secondary N) is 2. The number of rotatable bonds is 11. The lowest BCUT2D eigenvalue weighted by Gasteiger charge is -2.23. The van der Waals surface area contributed by atoms with Crippen molar-refractivity contribution in [1.29, 1.82) is 0 Å². The largest absolute Gasteiger partial charge is 0.352 e. The molecule has 0 atom stereocenters.